The van der Waals surface area contributed by atoms with Gasteiger partial charge in [-0.15, -0.1) is 0 Å². The predicted molar refractivity (Wildman–Crippen MR) is 63.2 cm³/mol. The lowest BCUT2D eigenvalue weighted by molar-refractivity contribution is -0.240. The fourth-order valence-electron chi connectivity index (χ4n) is 1.40. The second-order valence-corrected chi connectivity index (χ2v) is 8.37. The highest BCUT2D eigenvalue weighted by atomic mass is 32.4. The molecule has 78 valence electrons. The van der Waals surface area contributed by atoms with Gasteiger partial charge < -0.3 is 0 Å². The van der Waals surface area contributed by atoms with Crippen LogP contribution >= 0.6 is 15.0 Å². The molecule has 0 bridgehead atoms. The molecule has 0 aromatic heterocycles. The van der Waals surface area contributed by atoms with Gasteiger partial charge in [0.25, 0.3) is 0 Å². The zero-order valence-electron chi connectivity index (χ0n) is 9.14. The van der Waals surface area contributed by atoms with Gasteiger partial charge in [0.05, 0.1) is 0 Å². The van der Waals surface area contributed by atoms with Crippen molar-refractivity contribution in [2.24, 2.45) is 0 Å². The molecule has 0 rings (SSSR count). The number of nitrogens with zero attached hydrogens (tertiary/aromatic N) is 3. The van der Waals surface area contributed by atoms with E-state index >= 15 is 0 Å². The average Bonchev–Trinajstić information content (AvgIpc) is 1.97. The first-order chi connectivity index (χ1) is 5.89. The first-order valence-corrected chi connectivity index (χ1v) is 7.47. The van der Waals surface area contributed by atoms with Crippen LogP contribution in [-0.4, -0.2) is 56.3 Å². The van der Waals surface area contributed by atoms with Gasteiger partial charge in [-0.25, -0.2) is 14.0 Å². The quantitative estimate of drug-likeness (QED) is 0.701. The van der Waals surface area contributed by atoms with Gasteiger partial charge >= 0.3 is 15.0 Å². The molecular weight excluding hydrogens is 222 g/mol. The van der Waals surface area contributed by atoms with Gasteiger partial charge in [-0.1, -0.05) is 0 Å². The van der Waals surface area contributed by atoms with Crippen LogP contribution in [0.1, 0.15) is 0 Å². The van der Waals surface area contributed by atoms with Crippen LogP contribution in [0.25, 0.3) is 0 Å². The maximum absolute atomic E-state index is 4.97. The summed E-state index contributed by atoms with van der Waals surface area (Å²) in [6.07, 6.45) is 0. The van der Waals surface area contributed by atoms with Crippen LogP contribution in [0, 0.1) is 0 Å². The molecule has 0 saturated heterocycles. The van der Waals surface area contributed by atoms with Crippen molar-refractivity contribution in [3.05, 3.63) is 0 Å². The Morgan fingerprint density at radius 2 is 1.23 bits per heavy atom. The molecule has 0 heterocycles. The molecule has 13 heavy (non-hydrogen) atoms. The van der Waals surface area contributed by atoms with E-state index in [2.05, 4.69) is 60.8 Å². The molecule has 0 aliphatic heterocycles. The summed E-state index contributed by atoms with van der Waals surface area (Å²) in [5.41, 5.74) is 0. The third-order valence-corrected chi connectivity index (χ3v) is 7.33. The van der Waals surface area contributed by atoms with Gasteiger partial charge in [-0.2, -0.15) is 4.52 Å². The van der Waals surface area contributed by atoms with Crippen molar-refractivity contribution in [3.63, 3.8) is 0 Å². The molecule has 0 atom stereocenters. The monoisotopic (exact) mass is 241 g/mol. The van der Waals surface area contributed by atoms with Crippen LogP contribution in [0.15, 0.2) is 0 Å². The second kappa shape index (κ2) is 5.50. The molecule has 1 N–H and O–H groups in total. The van der Waals surface area contributed by atoms with E-state index in [1.807, 2.05) is 0 Å². The lowest BCUT2D eigenvalue weighted by Gasteiger charge is -2.34. The Morgan fingerprint density at radius 3 is 1.31 bits per heavy atom. The summed E-state index contributed by atoms with van der Waals surface area (Å²) in [5, 5.41) is 0. The van der Waals surface area contributed by atoms with Crippen LogP contribution in [-0.2, 0) is 11.8 Å². The molecule has 0 aromatic rings. The molecule has 0 radical (unpaired) electrons. The number of nitrogens with one attached hydrogen (secondary N) is 1. The van der Waals surface area contributed by atoms with E-state index < -0.39 is 7.51 Å². The summed E-state index contributed by atoms with van der Waals surface area (Å²) < 4.78 is 9.97. The highest BCUT2D eigenvalue weighted by Crippen LogP contribution is 2.47. The van der Waals surface area contributed by atoms with Crippen LogP contribution in [0.4, 0.5) is 0 Å². The van der Waals surface area contributed by atoms with Gasteiger partial charge in [0, 0.05) is 11.8 Å². The first-order valence-electron chi connectivity index (χ1n) is 3.91. The molecule has 7 heteroatoms. The second-order valence-electron chi connectivity index (χ2n) is 3.30. The minimum Gasteiger partial charge on any atom is -0.215 e. The van der Waals surface area contributed by atoms with Gasteiger partial charge in [0.2, 0.25) is 0 Å². The molecular formula is C6H19N4P2S+. The van der Waals surface area contributed by atoms with Crippen molar-refractivity contribution in [3.8, 4) is 0 Å². The molecule has 0 fully saturated rings. The minimum atomic E-state index is -1.58. The Morgan fingerprint density at radius 1 is 0.923 bits per heavy atom. The summed E-state index contributed by atoms with van der Waals surface area (Å²) in [5.74, 6) is 0. The van der Waals surface area contributed by atoms with E-state index in [4.69, 9.17) is 11.8 Å². The third kappa shape index (κ3) is 2.79. The summed E-state index contributed by atoms with van der Waals surface area (Å²) in [4.78, 5) is 0. The Labute approximate surface area is 88.0 Å². The largest absolute Gasteiger partial charge is 0.323 e. The predicted octanol–water partition coefficient (Wildman–Crippen LogP) is 0.0211. The highest BCUT2D eigenvalue weighted by Gasteiger charge is 2.34. The molecule has 0 aliphatic carbocycles. The molecule has 4 nitrogen and oxygen atoms in total. The maximum Gasteiger partial charge on any atom is 0.323 e. The lowest BCUT2D eigenvalue weighted by atomic mass is 11.2. The number of rotatable bonds is 4. The number of hydrogen-bond acceptors (Lipinski definition) is 1. The van der Waals surface area contributed by atoms with Crippen molar-refractivity contribution >= 4 is 26.8 Å². The van der Waals surface area contributed by atoms with E-state index in [0.29, 0.717) is 0 Å². The van der Waals surface area contributed by atoms with Gasteiger partial charge in [0.1, 0.15) is 0 Å². The lowest BCUT2D eigenvalue weighted by Crippen LogP contribution is -2.61. The SMILES string of the molecule is CN(C)P(=[NH+]P=S)(N(C)C)N(C)C. The van der Waals surface area contributed by atoms with E-state index in [0.717, 1.165) is 7.51 Å². The Kier molecular flexibility index (Phi) is 5.76. The topological polar surface area (TPSA) is 23.7 Å². The van der Waals surface area contributed by atoms with Crippen molar-refractivity contribution in [1.29, 1.82) is 0 Å². The number of hydrogen-bond donors (Lipinski definition) is 1. The fourth-order valence-corrected chi connectivity index (χ4v) is 7.11. The summed E-state index contributed by atoms with van der Waals surface area (Å²) >= 11 is 4.97. The smallest absolute Gasteiger partial charge is 0.215 e. The van der Waals surface area contributed by atoms with Crippen LogP contribution in [0.2, 0.25) is 0 Å². The van der Waals surface area contributed by atoms with Crippen molar-refractivity contribution < 1.29 is 4.52 Å². The van der Waals surface area contributed by atoms with Crippen LogP contribution < -0.4 is 4.52 Å². The van der Waals surface area contributed by atoms with Gasteiger partial charge in [-0.3, -0.25) is 0 Å². The molecule has 0 aliphatic rings. The summed E-state index contributed by atoms with van der Waals surface area (Å²) in [6, 6.07) is 0. The zero-order chi connectivity index (χ0) is 10.6. The first kappa shape index (κ1) is 13.6. The summed E-state index contributed by atoms with van der Waals surface area (Å²) in [6.45, 7) is 0. The highest BCUT2D eigenvalue weighted by molar-refractivity contribution is 7.94. The fraction of sp³-hybridized carbons (Fsp3) is 1.00. The van der Waals surface area contributed by atoms with E-state index in [-0.39, 0.29) is 0 Å². The zero-order valence-corrected chi connectivity index (χ0v) is 11.7. The molecule has 0 aromatic carbocycles. The van der Waals surface area contributed by atoms with Gasteiger partial charge in [-0.05, 0) is 42.3 Å². The Hall–Kier alpha value is 0.630. The van der Waals surface area contributed by atoms with E-state index in [1.54, 1.807) is 0 Å². The van der Waals surface area contributed by atoms with Crippen LogP contribution in [0.3, 0.4) is 0 Å². The molecule has 0 spiro atoms. The van der Waals surface area contributed by atoms with Crippen molar-refractivity contribution in [2.75, 3.05) is 42.3 Å². The average molecular weight is 241 g/mol. The maximum atomic E-state index is 4.97. The van der Waals surface area contributed by atoms with Gasteiger partial charge in [0.15, 0.2) is 0 Å². The minimum absolute atomic E-state index is 0.798. The molecule has 0 unspecified atom stereocenters. The molecule has 0 saturated carbocycles. The normalized spacial score (nSPS) is 13.3. The Bertz CT molecular complexity index is 198. The third-order valence-electron chi connectivity index (χ3n) is 1.85. The summed E-state index contributed by atoms with van der Waals surface area (Å²) in [7, 11) is 11.6. The Balaban J connectivity index is 5.32. The van der Waals surface area contributed by atoms with Crippen molar-refractivity contribution in [1.82, 2.24) is 14.0 Å². The van der Waals surface area contributed by atoms with Crippen molar-refractivity contribution in [2.45, 2.75) is 0 Å². The van der Waals surface area contributed by atoms with E-state index in [1.165, 1.54) is 0 Å². The van der Waals surface area contributed by atoms with Crippen LogP contribution in [0.5, 0.6) is 0 Å². The molecule has 0 amide bonds. The van der Waals surface area contributed by atoms with E-state index in [9.17, 15) is 0 Å². The standard InChI is InChI=1S/C6H18N4P2S/c1-8(2)12(7-11-13,9(3)4)10(5)6/h1-6H3/p+1.